The van der Waals surface area contributed by atoms with Crippen molar-refractivity contribution in [1.29, 1.82) is 0 Å². The molecule has 0 bridgehead atoms. The molecule has 0 unspecified atom stereocenters. The van der Waals surface area contributed by atoms with Crippen molar-refractivity contribution in [1.82, 2.24) is 0 Å². The minimum absolute atomic E-state index is 0.0269. The maximum atomic E-state index is 13.5. The summed E-state index contributed by atoms with van der Waals surface area (Å²) in [5.41, 5.74) is 1.13. The van der Waals surface area contributed by atoms with Crippen molar-refractivity contribution in [2.24, 2.45) is 0 Å². The van der Waals surface area contributed by atoms with Crippen molar-refractivity contribution < 1.29 is 14.2 Å². The number of anilines is 1. The second kappa shape index (κ2) is 5.80. The SMILES string of the molecule is COc1ccc(NCc2cc(Cl)ccc2F)cc1O. The van der Waals surface area contributed by atoms with Gasteiger partial charge in [0.15, 0.2) is 11.5 Å². The lowest BCUT2D eigenvalue weighted by Gasteiger charge is -2.10. The predicted octanol–water partition coefficient (Wildman–Crippen LogP) is 3.81. The molecule has 2 rings (SSSR count). The Hall–Kier alpha value is -1.94. The molecule has 0 fully saturated rings. The van der Waals surface area contributed by atoms with Crippen LogP contribution < -0.4 is 10.1 Å². The summed E-state index contributed by atoms with van der Waals surface area (Å²) in [5, 5.41) is 13.1. The highest BCUT2D eigenvalue weighted by Crippen LogP contribution is 2.28. The Morgan fingerprint density at radius 2 is 2.05 bits per heavy atom. The van der Waals surface area contributed by atoms with Gasteiger partial charge in [0, 0.05) is 28.9 Å². The molecule has 0 heterocycles. The van der Waals surface area contributed by atoms with Crippen LogP contribution in [-0.2, 0) is 6.54 Å². The Bertz CT molecular complexity index is 590. The minimum atomic E-state index is -0.324. The molecule has 3 nitrogen and oxygen atoms in total. The zero-order valence-electron chi connectivity index (χ0n) is 10.3. The lowest BCUT2D eigenvalue weighted by Crippen LogP contribution is -2.01. The minimum Gasteiger partial charge on any atom is -0.504 e. The molecule has 0 radical (unpaired) electrons. The highest BCUT2D eigenvalue weighted by atomic mass is 35.5. The van der Waals surface area contributed by atoms with Gasteiger partial charge in [0.1, 0.15) is 5.82 Å². The van der Waals surface area contributed by atoms with Crippen LogP contribution in [0.1, 0.15) is 5.56 Å². The Kier molecular flexibility index (Phi) is 4.12. The van der Waals surface area contributed by atoms with Crippen LogP contribution in [0.4, 0.5) is 10.1 Å². The number of hydrogen-bond acceptors (Lipinski definition) is 3. The van der Waals surface area contributed by atoms with E-state index in [1.54, 1.807) is 18.2 Å². The molecule has 0 atom stereocenters. The Morgan fingerprint density at radius 1 is 1.26 bits per heavy atom. The quantitative estimate of drug-likeness (QED) is 0.895. The second-order valence-corrected chi connectivity index (χ2v) is 4.41. The molecule has 0 aliphatic heterocycles. The van der Waals surface area contributed by atoms with Gasteiger partial charge in [-0.2, -0.15) is 0 Å². The van der Waals surface area contributed by atoms with Crippen molar-refractivity contribution in [3.05, 3.63) is 52.8 Å². The molecule has 0 aliphatic carbocycles. The number of benzene rings is 2. The lowest BCUT2D eigenvalue weighted by molar-refractivity contribution is 0.373. The summed E-state index contributed by atoms with van der Waals surface area (Å²) in [6.07, 6.45) is 0. The molecular weight excluding hydrogens is 269 g/mol. The molecule has 0 aliphatic rings. The number of hydrogen-bond donors (Lipinski definition) is 2. The van der Waals surface area contributed by atoms with Crippen molar-refractivity contribution >= 4 is 17.3 Å². The number of methoxy groups -OCH3 is 1. The van der Waals surface area contributed by atoms with Gasteiger partial charge in [-0.15, -0.1) is 0 Å². The van der Waals surface area contributed by atoms with Crippen LogP contribution in [0, 0.1) is 5.82 Å². The van der Waals surface area contributed by atoms with Gasteiger partial charge < -0.3 is 15.2 Å². The topological polar surface area (TPSA) is 41.5 Å². The van der Waals surface area contributed by atoms with Crippen LogP contribution in [-0.4, -0.2) is 12.2 Å². The normalized spacial score (nSPS) is 10.3. The first-order chi connectivity index (χ1) is 9.10. The molecule has 0 aromatic heterocycles. The largest absolute Gasteiger partial charge is 0.504 e. The van der Waals surface area contributed by atoms with Crippen LogP contribution in [0.2, 0.25) is 5.02 Å². The van der Waals surface area contributed by atoms with E-state index in [0.717, 1.165) is 0 Å². The molecule has 5 heteroatoms. The molecule has 0 saturated heterocycles. The molecule has 2 N–H and O–H groups in total. The van der Waals surface area contributed by atoms with E-state index in [4.69, 9.17) is 16.3 Å². The summed E-state index contributed by atoms with van der Waals surface area (Å²) in [6.45, 7) is 0.276. The number of rotatable bonds is 4. The maximum absolute atomic E-state index is 13.5. The molecule has 0 amide bonds. The van der Waals surface area contributed by atoms with Crippen LogP contribution in [0.3, 0.4) is 0 Å². The fraction of sp³-hybridized carbons (Fsp3) is 0.143. The molecular formula is C14H13ClFNO2. The fourth-order valence-electron chi connectivity index (χ4n) is 1.68. The molecule has 100 valence electrons. The van der Waals surface area contributed by atoms with E-state index in [0.29, 0.717) is 22.0 Å². The lowest BCUT2D eigenvalue weighted by atomic mass is 10.2. The molecule has 19 heavy (non-hydrogen) atoms. The van der Waals surface area contributed by atoms with Crippen LogP contribution in [0.25, 0.3) is 0 Å². The third-order valence-corrected chi connectivity index (χ3v) is 2.90. The van der Waals surface area contributed by atoms with E-state index < -0.39 is 0 Å². The third-order valence-electron chi connectivity index (χ3n) is 2.67. The monoisotopic (exact) mass is 281 g/mol. The highest BCUT2D eigenvalue weighted by molar-refractivity contribution is 6.30. The summed E-state index contributed by atoms with van der Waals surface area (Å²) >= 11 is 5.81. The van der Waals surface area contributed by atoms with Crippen LogP contribution >= 0.6 is 11.6 Å². The number of aromatic hydroxyl groups is 1. The van der Waals surface area contributed by atoms with E-state index in [1.807, 2.05) is 0 Å². The summed E-state index contributed by atoms with van der Waals surface area (Å²) in [7, 11) is 1.48. The fourth-order valence-corrected chi connectivity index (χ4v) is 1.87. The Morgan fingerprint density at radius 3 is 2.74 bits per heavy atom. The van der Waals surface area contributed by atoms with E-state index in [-0.39, 0.29) is 18.1 Å². The van der Waals surface area contributed by atoms with Gasteiger partial charge in [0.2, 0.25) is 0 Å². The standard InChI is InChI=1S/C14H13ClFNO2/c1-19-14-5-3-11(7-13(14)18)17-8-9-6-10(15)2-4-12(9)16/h2-7,17-18H,8H2,1H3. The van der Waals surface area contributed by atoms with Gasteiger partial charge >= 0.3 is 0 Å². The molecule has 2 aromatic rings. The first-order valence-electron chi connectivity index (χ1n) is 5.65. The zero-order valence-corrected chi connectivity index (χ0v) is 11.0. The van der Waals surface area contributed by atoms with Crippen molar-refractivity contribution in [3.63, 3.8) is 0 Å². The molecule has 2 aromatic carbocycles. The summed E-state index contributed by atoms with van der Waals surface area (Å²) in [4.78, 5) is 0. The maximum Gasteiger partial charge on any atom is 0.160 e. The van der Waals surface area contributed by atoms with Gasteiger partial charge in [-0.25, -0.2) is 4.39 Å². The predicted molar refractivity (Wildman–Crippen MR) is 73.4 cm³/mol. The van der Waals surface area contributed by atoms with Crippen LogP contribution in [0.5, 0.6) is 11.5 Å². The Balaban J connectivity index is 2.10. The zero-order chi connectivity index (χ0) is 13.8. The van der Waals surface area contributed by atoms with E-state index in [9.17, 15) is 9.50 Å². The summed E-state index contributed by atoms with van der Waals surface area (Å²) in [5.74, 6) is 0.0909. The van der Waals surface area contributed by atoms with Gasteiger partial charge in [-0.1, -0.05) is 11.6 Å². The van der Waals surface area contributed by atoms with E-state index in [1.165, 1.54) is 25.3 Å². The average molecular weight is 282 g/mol. The first-order valence-corrected chi connectivity index (χ1v) is 6.03. The number of ether oxygens (including phenoxy) is 1. The molecule has 0 spiro atoms. The third kappa shape index (κ3) is 3.29. The van der Waals surface area contributed by atoms with Crippen molar-refractivity contribution in [2.45, 2.75) is 6.54 Å². The van der Waals surface area contributed by atoms with Gasteiger partial charge in [0.25, 0.3) is 0 Å². The molecule has 0 saturated carbocycles. The van der Waals surface area contributed by atoms with Crippen LogP contribution in [0.15, 0.2) is 36.4 Å². The van der Waals surface area contributed by atoms with E-state index in [2.05, 4.69) is 5.32 Å². The van der Waals surface area contributed by atoms with Gasteiger partial charge in [-0.05, 0) is 30.3 Å². The van der Waals surface area contributed by atoms with Gasteiger partial charge in [-0.3, -0.25) is 0 Å². The summed E-state index contributed by atoms with van der Waals surface area (Å²) < 4.78 is 18.4. The number of phenols is 1. The van der Waals surface area contributed by atoms with Crippen molar-refractivity contribution in [3.8, 4) is 11.5 Å². The number of halogens is 2. The number of phenolic OH excluding ortho intramolecular Hbond substituents is 1. The van der Waals surface area contributed by atoms with Crippen molar-refractivity contribution in [2.75, 3.05) is 12.4 Å². The average Bonchev–Trinajstić information content (AvgIpc) is 2.40. The smallest absolute Gasteiger partial charge is 0.160 e. The highest BCUT2D eigenvalue weighted by Gasteiger charge is 2.05. The summed E-state index contributed by atoms with van der Waals surface area (Å²) in [6, 6.07) is 9.27. The first kappa shape index (κ1) is 13.5. The second-order valence-electron chi connectivity index (χ2n) is 3.98. The van der Waals surface area contributed by atoms with Gasteiger partial charge in [0.05, 0.1) is 7.11 Å². The number of nitrogens with one attached hydrogen (secondary N) is 1. The Labute approximate surface area is 115 Å². The van der Waals surface area contributed by atoms with E-state index >= 15 is 0 Å².